The van der Waals surface area contributed by atoms with Crippen LogP contribution in [0.2, 0.25) is 0 Å². The zero-order valence-electron chi connectivity index (χ0n) is 19.6. The topological polar surface area (TPSA) is 43.8 Å². The van der Waals surface area contributed by atoms with E-state index in [0.717, 1.165) is 11.4 Å². The fraction of sp³-hybridized carbons (Fsp3) is 0.321. The fourth-order valence-corrected chi connectivity index (χ4v) is 5.72. The van der Waals surface area contributed by atoms with Gasteiger partial charge in [0.25, 0.3) is 0 Å². The molecule has 2 aliphatic heterocycles. The number of aliphatic hydroxyl groups is 1. The molecule has 0 saturated heterocycles. The first-order valence-corrected chi connectivity index (χ1v) is 11.1. The highest BCUT2D eigenvalue weighted by molar-refractivity contribution is 6.21. The van der Waals surface area contributed by atoms with Gasteiger partial charge in [-0.15, -0.1) is 0 Å². The molecular weight excluding hydrogens is 396 g/mol. The van der Waals surface area contributed by atoms with Gasteiger partial charge in [-0.05, 0) is 35.4 Å². The van der Waals surface area contributed by atoms with Crippen molar-refractivity contribution in [3.8, 4) is 0 Å². The number of rotatable bonds is 2. The molecule has 0 radical (unpaired) electrons. The molecule has 0 spiro atoms. The number of anilines is 2. The van der Waals surface area contributed by atoms with Crippen molar-refractivity contribution in [2.75, 3.05) is 23.9 Å². The quantitative estimate of drug-likeness (QED) is 0.652. The van der Waals surface area contributed by atoms with Gasteiger partial charge >= 0.3 is 0 Å². The molecule has 32 heavy (non-hydrogen) atoms. The average Bonchev–Trinajstić information content (AvgIpc) is 3.09. The summed E-state index contributed by atoms with van der Waals surface area (Å²) in [5.41, 5.74) is 6.22. The molecule has 0 saturated carbocycles. The van der Waals surface area contributed by atoms with E-state index in [2.05, 4.69) is 74.9 Å². The van der Waals surface area contributed by atoms with E-state index in [1.165, 1.54) is 16.8 Å². The lowest BCUT2D eigenvalue weighted by atomic mass is 9.76. The third-order valence-electron chi connectivity index (χ3n) is 7.68. The molecule has 3 aliphatic rings. The molecule has 2 heterocycles. The van der Waals surface area contributed by atoms with Gasteiger partial charge in [0, 0.05) is 42.0 Å². The standard InChI is InChI=1S/C28H30N2O2/c1-27(2)19-11-7-9-13-21(19)29(5)23(27)15-17-25(31)18(26(17)32)16-24-28(3,4)20-12-8-10-14-22(20)30(24)6/h7-16,23,31H,1-6H3. The summed E-state index contributed by atoms with van der Waals surface area (Å²) in [7, 11) is 4.07. The molecule has 1 N–H and O–H groups in total. The summed E-state index contributed by atoms with van der Waals surface area (Å²) in [5, 5.41) is 10.9. The number of hydrogen-bond acceptors (Lipinski definition) is 4. The predicted molar refractivity (Wildman–Crippen MR) is 130 cm³/mol. The van der Waals surface area contributed by atoms with Gasteiger partial charge in [-0.2, -0.15) is 0 Å². The molecule has 4 heteroatoms. The number of Topliss-reactive ketones (excluding diaryl/α,β-unsaturated/α-hetero) is 1. The number of benzene rings is 2. The first kappa shape index (κ1) is 20.6. The van der Waals surface area contributed by atoms with Crippen molar-refractivity contribution in [3.05, 3.63) is 94.4 Å². The fourth-order valence-electron chi connectivity index (χ4n) is 5.72. The lowest BCUT2D eigenvalue weighted by molar-refractivity contribution is -0.113. The number of allylic oxidation sites excluding steroid dienone is 4. The molecule has 0 amide bonds. The highest BCUT2D eigenvalue weighted by Crippen LogP contribution is 2.49. The van der Waals surface area contributed by atoms with Gasteiger partial charge in [-0.25, -0.2) is 0 Å². The van der Waals surface area contributed by atoms with E-state index in [1.807, 2.05) is 37.4 Å². The lowest BCUT2D eigenvalue weighted by Crippen LogP contribution is -2.39. The molecule has 2 aromatic rings. The molecule has 2 aromatic carbocycles. The Labute approximate surface area is 190 Å². The van der Waals surface area contributed by atoms with Crippen molar-refractivity contribution in [1.82, 2.24) is 0 Å². The van der Waals surface area contributed by atoms with Gasteiger partial charge in [-0.3, -0.25) is 4.79 Å². The molecule has 1 atom stereocenters. The van der Waals surface area contributed by atoms with Gasteiger partial charge in [0.05, 0.1) is 17.2 Å². The predicted octanol–water partition coefficient (Wildman–Crippen LogP) is 5.42. The van der Waals surface area contributed by atoms with Crippen LogP contribution in [0.25, 0.3) is 0 Å². The van der Waals surface area contributed by atoms with Crippen molar-refractivity contribution < 1.29 is 9.90 Å². The van der Waals surface area contributed by atoms with Gasteiger partial charge in [0.2, 0.25) is 0 Å². The van der Waals surface area contributed by atoms with Crippen LogP contribution >= 0.6 is 0 Å². The number of aliphatic hydroxyl groups excluding tert-OH is 1. The van der Waals surface area contributed by atoms with E-state index in [0.29, 0.717) is 11.1 Å². The van der Waals surface area contributed by atoms with Gasteiger partial charge in [0.1, 0.15) is 5.76 Å². The summed E-state index contributed by atoms with van der Waals surface area (Å²) >= 11 is 0. The second-order valence-corrected chi connectivity index (χ2v) is 10.2. The van der Waals surface area contributed by atoms with E-state index in [-0.39, 0.29) is 28.4 Å². The van der Waals surface area contributed by atoms with Crippen molar-refractivity contribution in [2.24, 2.45) is 0 Å². The van der Waals surface area contributed by atoms with Crippen molar-refractivity contribution in [3.63, 3.8) is 0 Å². The van der Waals surface area contributed by atoms with Crippen molar-refractivity contribution in [2.45, 2.75) is 44.6 Å². The summed E-state index contributed by atoms with van der Waals surface area (Å²) in [5.74, 6) is 0.0122. The molecule has 0 fully saturated rings. The van der Waals surface area contributed by atoms with Crippen LogP contribution in [0.1, 0.15) is 38.8 Å². The van der Waals surface area contributed by atoms with Gasteiger partial charge in [-0.1, -0.05) is 64.1 Å². The first-order valence-electron chi connectivity index (χ1n) is 11.1. The Kier molecular flexibility index (Phi) is 4.26. The average molecular weight is 427 g/mol. The Morgan fingerprint density at radius 1 is 0.906 bits per heavy atom. The van der Waals surface area contributed by atoms with Crippen LogP contribution in [0, 0.1) is 0 Å². The zero-order chi connectivity index (χ0) is 23.0. The van der Waals surface area contributed by atoms with Crippen LogP contribution in [0.4, 0.5) is 11.4 Å². The van der Waals surface area contributed by atoms with Gasteiger partial charge in [0.15, 0.2) is 5.78 Å². The number of ketones is 1. The summed E-state index contributed by atoms with van der Waals surface area (Å²) in [6.45, 7) is 8.70. The number of carbonyl (C=O) groups is 1. The molecule has 5 rings (SSSR count). The van der Waals surface area contributed by atoms with Crippen LogP contribution in [-0.4, -0.2) is 31.0 Å². The van der Waals surface area contributed by atoms with Crippen molar-refractivity contribution in [1.29, 1.82) is 0 Å². The number of nitrogens with zero attached hydrogens (tertiary/aromatic N) is 2. The Bertz CT molecular complexity index is 1250. The van der Waals surface area contributed by atoms with Crippen LogP contribution in [-0.2, 0) is 15.6 Å². The molecule has 1 unspecified atom stereocenters. The third kappa shape index (κ3) is 2.59. The van der Waals surface area contributed by atoms with E-state index in [9.17, 15) is 9.90 Å². The highest BCUT2D eigenvalue weighted by Gasteiger charge is 2.45. The maximum atomic E-state index is 13.2. The lowest BCUT2D eigenvalue weighted by Gasteiger charge is -2.32. The highest BCUT2D eigenvalue weighted by atomic mass is 16.3. The van der Waals surface area contributed by atoms with Crippen LogP contribution in [0.5, 0.6) is 0 Å². The monoisotopic (exact) mass is 426 g/mol. The SMILES string of the molecule is CN1C(=CC2=C(O)C(=CC3N(C)c4ccccc4C3(C)C)C2=O)C(C)(C)c2ccccc21. The number of fused-ring (bicyclic) bond motifs is 2. The second kappa shape index (κ2) is 6.61. The first-order chi connectivity index (χ1) is 15.1. The van der Waals surface area contributed by atoms with Crippen LogP contribution in [0.3, 0.4) is 0 Å². The summed E-state index contributed by atoms with van der Waals surface area (Å²) in [4.78, 5) is 17.5. The van der Waals surface area contributed by atoms with E-state index < -0.39 is 0 Å². The van der Waals surface area contributed by atoms with E-state index in [4.69, 9.17) is 0 Å². The maximum Gasteiger partial charge on any atom is 0.200 e. The molecule has 164 valence electrons. The van der Waals surface area contributed by atoms with Gasteiger partial charge < -0.3 is 14.9 Å². The number of para-hydroxylation sites is 2. The van der Waals surface area contributed by atoms with E-state index in [1.54, 1.807) is 0 Å². The van der Waals surface area contributed by atoms with Crippen LogP contribution in [0.15, 0.2) is 83.3 Å². The molecule has 1 aliphatic carbocycles. The molecule has 0 aromatic heterocycles. The smallest absolute Gasteiger partial charge is 0.200 e. The Morgan fingerprint density at radius 2 is 1.50 bits per heavy atom. The zero-order valence-corrected chi connectivity index (χ0v) is 19.6. The van der Waals surface area contributed by atoms with E-state index >= 15 is 0 Å². The summed E-state index contributed by atoms with van der Waals surface area (Å²) in [6.07, 6.45) is 3.81. The third-order valence-corrected chi connectivity index (χ3v) is 7.68. The largest absolute Gasteiger partial charge is 0.506 e. The van der Waals surface area contributed by atoms with Crippen molar-refractivity contribution >= 4 is 17.2 Å². The maximum absolute atomic E-state index is 13.2. The number of likely N-dealkylation sites (N-methyl/N-ethyl adjacent to an activating group) is 2. The minimum absolute atomic E-state index is 0.00921. The number of carbonyl (C=O) groups excluding carboxylic acids is 1. The van der Waals surface area contributed by atoms with Crippen LogP contribution < -0.4 is 9.80 Å². The summed E-state index contributed by atoms with van der Waals surface area (Å²) < 4.78 is 0. The second-order valence-electron chi connectivity index (χ2n) is 10.2. The minimum Gasteiger partial charge on any atom is -0.506 e. The molecular formula is C28H30N2O2. The normalized spacial score (nSPS) is 25.4. The Hall–Kier alpha value is -3.27. The minimum atomic E-state index is -0.242. The summed E-state index contributed by atoms with van der Waals surface area (Å²) in [6, 6.07) is 16.6. The Balaban J connectivity index is 1.52. The molecule has 0 bridgehead atoms. The number of hydrogen-bond donors (Lipinski definition) is 1. The molecule has 4 nitrogen and oxygen atoms in total. The Morgan fingerprint density at radius 3 is 2.09 bits per heavy atom.